The monoisotopic (exact) mass is 1020 g/mol. The average molecular weight is 1020 g/mol. The molecule has 9 rings (SSSR count). The van der Waals surface area contributed by atoms with E-state index >= 15 is 0 Å². The van der Waals surface area contributed by atoms with E-state index in [9.17, 15) is 5.26 Å². The SMILES string of the molecule is [2H]C([2H])([2H])[n+]1[c-]n(-c2[c-]cccc2)cc1.[2H]C([2H])([2H])c1cnc(-c2[c-]cc([Si](C)(C)C)c3c2oc2c(-c4ccc(-c5ccccc5)cc4)c(C#N)ccc23)cc1-c1c(C(C)C)cccc1C(C)C.[Ir+3]. The number of pyridine rings is 1. The van der Waals surface area contributed by atoms with E-state index in [1.807, 2.05) is 54.6 Å². The van der Waals surface area contributed by atoms with E-state index in [1.54, 1.807) is 16.8 Å². The molecule has 3 heterocycles. The second kappa shape index (κ2) is 18.7. The van der Waals surface area contributed by atoms with E-state index in [2.05, 4.69) is 133 Å². The number of para-hydroxylation sites is 1. The predicted octanol–water partition coefficient (Wildman–Crippen LogP) is 13.3. The van der Waals surface area contributed by atoms with Crippen LogP contribution in [0, 0.1) is 36.6 Å². The summed E-state index contributed by atoms with van der Waals surface area (Å²) in [6, 6.07) is 48.9. The molecule has 3 aromatic heterocycles. The maximum absolute atomic E-state index is 10.4. The maximum atomic E-state index is 10.4. The molecular formula is C56H52IrN4OSi+. The minimum atomic E-state index is -2.38. The van der Waals surface area contributed by atoms with Crippen molar-refractivity contribution in [1.82, 2.24) is 9.55 Å². The van der Waals surface area contributed by atoms with Gasteiger partial charge in [0.25, 0.3) is 0 Å². The van der Waals surface area contributed by atoms with E-state index in [4.69, 9.17) is 17.6 Å². The minimum absolute atomic E-state index is 0. The summed E-state index contributed by atoms with van der Waals surface area (Å²) in [7, 11) is -1.95. The number of aromatic nitrogens is 3. The first-order valence-corrected chi connectivity index (χ1v) is 24.4. The Labute approximate surface area is 395 Å². The molecule has 0 fully saturated rings. The molecule has 0 N–H and O–H groups in total. The van der Waals surface area contributed by atoms with Crippen LogP contribution in [-0.4, -0.2) is 17.6 Å². The summed E-state index contributed by atoms with van der Waals surface area (Å²) in [6.07, 6.45) is 7.33. The summed E-state index contributed by atoms with van der Waals surface area (Å²) in [6.45, 7) is 10.9. The van der Waals surface area contributed by atoms with Crippen molar-refractivity contribution in [3.8, 4) is 56.4 Å². The van der Waals surface area contributed by atoms with E-state index in [1.165, 1.54) is 17.6 Å². The molecule has 0 unspecified atom stereocenters. The third-order valence-corrected chi connectivity index (χ3v) is 13.3. The second-order valence-electron chi connectivity index (χ2n) is 17.2. The zero-order valence-electron chi connectivity index (χ0n) is 42.5. The normalized spacial score (nSPS) is 13.2. The Morgan fingerprint density at radius 1 is 0.794 bits per heavy atom. The fraction of sp³-hybridized carbons (Fsp3) is 0.196. The third kappa shape index (κ3) is 9.03. The van der Waals surface area contributed by atoms with Gasteiger partial charge in [0.1, 0.15) is 5.58 Å². The number of nitriles is 1. The van der Waals surface area contributed by atoms with Crippen LogP contribution in [0.5, 0.6) is 0 Å². The van der Waals surface area contributed by atoms with Crippen LogP contribution in [0.25, 0.3) is 72.3 Å². The Hall–Kier alpha value is -6.16. The van der Waals surface area contributed by atoms with Crippen molar-refractivity contribution in [2.24, 2.45) is 6.98 Å². The number of rotatable bonds is 8. The zero-order valence-corrected chi connectivity index (χ0v) is 39.9. The van der Waals surface area contributed by atoms with Gasteiger partial charge in [0.05, 0.1) is 28.3 Å². The molecule has 0 spiro atoms. The van der Waals surface area contributed by atoms with Crippen molar-refractivity contribution < 1.29 is 37.3 Å². The first-order valence-electron chi connectivity index (χ1n) is 23.9. The molecule has 0 aliphatic heterocycles. The van der Waals surface area contributed by atoms with Crippen LogP contribution in [0.2, 0.25) is 19.6 Å². The van der Waals surface area contributed by atoms with Crippen molar-refractivity contribution in [2.75, 3.05) is 0 Å². The molecule has 5 nitrogen and oxygen atoms in total. The summed E-state index contributed by atoms with van der Waals surface area (Å²) in [4.78, 5) is 4.82. The van der Waals surface area contributed by atoms with Gasteiger partial charge in [0.15, 0.2) is 0 Å². The van der Waals surface area contributed by atoms with Gasteiger partial charge < -0.3 is 18.5 Å². The molecule has 7 heteroatoms. The van der Waals surface area contributed by atoms with Crippen molar-refractivity contribution in [1.29, 1.82) is 5.26 Å². The molecular weight excluding hydrogens is 965 g/mol. The van der Waals surface area contributed by atoms with Gasteiger partial charge in [0, 0.05) is 41.7 Å². The first kappa shape index (κ1) is 37.4. The van der Waals surface area contributed by atoms with Gasteiger partial charge in [-0.1, -0.05) is 149 Å². The molecule has 0 aliphatic carbocycles. The summed E-state index contributed by atoms with van der Waals surface area (Å²) >= 11 is 0. The average Bonchev–Trinajstić information content (AvgIpc) is 3.98. The number of benzene rings is 6. The number of fused-ring (bicyclic) bond motifs is 3. The number of nitrogens with zero attached hydrogens (tertiary/aromatic N) is 4. The Morgan fingerprint density at radius 3 is 2.11 bits per heavy atom. The van der Waals surface area contributed by atoms with Crippen molar-refractivity contribution in [3.05, 3.63) is 181 Å². The standard InChI is InChI=1S/C46H43N2OSi.C10H9N2.Ir/c1-28(2)35-15-12-16-36(29(3)4)43(35)39-25-40(48-27-30(39)5)37-23-24-41(50(6,7)8)44-38-22-21-34(26-47)42(46(38)49-45(37)44)33-19-17-32(18-20-33)31-13-10-9-11-14-31;1-11-7-8-12(9-11)10-5-3-2-4-6-10;/h9-22,24-25,27-29H,1-8H3;2-5,7-8H,1H3;/q2*-1;+3/i5D3;1D3;. The Kier molecular flexibility index (Phi) is 11.1. The summed E-state index contributed by atoms with van der Waals surface area (Å²) in [5, 5.41) is 13.5. The van der Waals surface area contributed by atoms with Gasteiger partial charge in [-0.15, -0.1) is 17.3 Å². The molecule has 314 valence electrons. The van der Waals surface area contributed by atoms with Gasteiger partial charge in [-0.05, 0) is 75.0 Å². The van der Waals surface area contributed by atoms with Crippen LogP contribution >= 0.6 is 0 Å². The van der Waals surface area contributed by atoms with Gasteiger partial charge in [-0.3, -0.25) is 0 Å². The van der Waals surface area contributed by atoms with Gasteiger partial charge in [-0.2, -0.15) is 35.6 Å². The van der Waals surface area contributed by atoms with Gasteiger partial charge in [-0.25, -0.2) is 0 Å². The molecule has 6 aromatic carbocycles. The maximum Gasteiger partial charge on any atom is 3.00 e. The number of imidazole rings is 1. The summed E-state index contributed by atoms with van der Waals surface area (Å²) in [5.74, 6) is 0.341. The van der Waals surface area contributed by atoms with Crippen LogP contribution in [-0.2, 0) is 27.1 Å². The fourth-order valence-corrected chi connectivity index (χ4v) is 9.66. The molecule has 9 aromatic rings. The Balaban J connectivity index is 0.000000373. The molecule has 63 heavy (non-hydrogen) atoms. The van der Waals surface area contributed by atoms with Crippen molar-refractivity contribution in [2.45, 2.75) is 66.0 Å². The number of furan rings is 1. The predicted molar refractivity (Wildman–Crippen MR) is 257 cm³/mol. The van der Waals surface area contributed by atoms with Crippen LogP contribution in [0.1, 0.15) is 70.0 Å². The van der Waals surface area contributed by atoms with E-state index < -0.39 is 21.9 Å². The quantitative estimate of drug-likeness (QED) is 0.0866. The molecule has 0 amide bonds. The van der Waals surface area contributed by atoms with Crippen molar-refractivity contribution in [3.63, 3.8) is 0 Å². The van der Waals surface area contributed by atoms with Crippen LogP contribution in [0.15, 0.2) is 144 Å². The number of hydrogen-bond donors (Lipinski definition) is 0. The van der Waals surface area contributed by atoms with Gasteiger partial charge >= 0.3 is 20.1 Å². The summed E-state index contributed by atoms with van der Waals surface area (Å²) in [5.41, 5.74) is 11.7. The first-order chi connectivity index (χ1) is 32.3. The molecule has 0 atom stereocenters. The van der Waals surface area contributed by atoms with E-state index in [0.717, 1.165) is 60.0 Å². The molecule has 0 radical (unpaired) electrons. The number of hydrogen-bond acceptors (Lipinski definition) is 3. The largest absolute Gasteiger partial charge is 3.00 e. The molecule has 0 saturated heterocycles. The van der Waals surface area contributed by atoms with E-state index in [-0.39, 0.29) is 37.5 Å². The van der Waals surface area contributed by atoms with Crippen LogP contribution < -0.4 is 9.75 Å². The molecule has 0 saturated carbocycles. The number of aryl methyl sites for hydroxylation is 2. The molecule has 0 bridgehead atoms. The topological polar surface area (TPSA) is 58.6 Å². The Morgan fingerprint density at radius 2 is 1.49 bits per heavy atom. The second-order valence-corrected chi connectivity index (χ2v) is 22.2. The van der Waals surface area contributed by atoms with Crippen LogP contribution in [0.4, 0.5) is 0 Å². The van der Waals surface area contributed by atoms with Gasteiger partial charge in [0.2, 0.25) is 6.33 Å². The minimum Gasteiger partial charge on any atom is -0.500 e. The fourth-order valence-electron chi connectivity index (χ4n) is 8.15. The van der Waals surface area contributed by atoms with E-state index in [0.29, 0.717) is 33.6 Å². The smallest absolute Gasteiger partial charge is 0.500 e. The molecule has 0 aliphatic rings. The van der Waals surface area contributed by atoms with Crippen molar-refractivity contribution >= 4 is 35.2 Å². The zero-order chi connectivity index (χ0) is 48.7. The Bertz CT molecular complexity index is 3280. The third-order valence-electron chi connectivity index (χ3n) is 11.3. The summed E-state index contributed by atoms with van der Waals surface area (Å²) < 4.78 is 56.8. The van der Waals surface area contributed by atoms with Crippen LogP contribution in [0.3, 0.4) is 0 Å².